The van der Waals surface area contributed by atoms with Crippen molar-refractivity contribution in [2.24, 2.45) is 10.9 Å². The van der Waals surface area contributed by atoms with Crippen molar-refractivity contribution in [3.8, 4) is 0 Å². The van der Waals surface area contributed by atoms with Gasteiger partial charge in [-0.25, -0.2) is 0 Å². The van der Waals surface area contributed by atoms with E-state index >= 15 is 0 Å². The molecule has 0 aromatic carbocycles. The summed E-state index contributed by atoms with van der Waals surface area (Å²) in [7, 11) is 0. The third kappa shape index (κ3) is 1.70. The molecule has 0 amide bonds. The van der Waals surface area contributed by atoms with Crippen molar-refractivity contribution in [3.05, 3.63) is 0 Å². The van der Waals surface area contributed by atoms with Crippen LogP contribution in [0.3, 0.4) is 0 Å². The molecule has 0 saturated heterocycles. The van der Waals surface area contributed by atoms with Gasteiger partial charge in [-0.15, -0.1) is 0 Å². The Morgan fingerprint density at radius 2 is 2.44 bits per heavy atom. The number of ether oxygens (including phenoxy) is 1. The maximum absolute atomic E-state index is 5.12. The van der Waals surface area contributed by atoms with Crippen LogP contribution < -0.4 is 0 Å². The van der Waals surface area contributed by atoms with Crippen molar-refractivity contribution in [1.29, 1.82) is 0 Å². The zero-order valence-corrected chi connectivity index (χ0v) is 7.34. The molecule has 0 unspecified atom stereocenters. The predicted octanol–water partition coefficient (Wildman–Crippen LogP) is 0.566. The van der Waals surface area contributed by atoms with Gasteiger partial charge in [0.25, 0.3) is 0 Å². The molecule has 9 heavy (non-hydrogen) atoms. The van der Waals surface area contributed by atoms with E-state index in [4.69, 9.17) is 4.74 Å². The van der Waals surface area contributed by atoms with Gasteiger partial charge >= 0.3 is 63.0 Å². The second-order valence-corrected chi connectivity index (χ2v) is 3.25. The van der Waals surface area contributed by atoms with Crippen LogP contribution in [0.5, 0.6) is 0 Å². The Morgan fingerprint density at radius 1 is 1.78 bits per heavy atom. The molecular weight excluding hydrogens is 182 g/mol. The fourth-order valence-electron chi connectivity index (χ4n) is 0.708. The van der Waals surface area contributed by atoms with Crippen molar-refractivity contribution in [2.45, 2.75) is 19.9 Å². The molecular formula is C6H10NOSe. The molecule has 1 aliphatic rings. The third-order valence-corrected chi connectivity index (χ3v) is 1.89. The number of nitrogens with zero attached hydrogens (tertiary/aromatic N) is 1. The molecule has 3 heteroatoms. The van der Waals surface area contributed by atoms with E-state index in [1.165, 1.54) is 0 Å². The van der Waals surface area contributed by atoms with Gasteiger partial charge in [-0.1, -0.05) is 0 Å². The third-order valence-electron chi connectivity index (χ3n) is 1.42. The quantitative estimate of drug-likeness (QED) is 0.439. The van der Waals surface area contributed by atoms with Gasteiger partial charge in [0.2, 0.25) is 0 Å². The van der Waals surface area contributed by atoms with Gasteiger partial charge in [0.15, 0.2) is 0 Å². The molecule has 1 radical (unpaired) electrons. The minimum absolute atomic E-state index is 0.376. The topological polar surface area (TPSA) is 21.6 Å². The molecule has 0 N–H and O–H groups in total. The zero-order chi connectivity index (χ0) is 6.85. The van der Waals surface area contributed by atoms with Gasteiger partial charge in [0, 0.05) is 0 Å². The number of aliphatic imine (C=N–C) groups is 1. The fraction of sp³-hybridized carbons (Fsp3) is 0.833. The minimum atomic E-state index is 0.376. The molecule has 0 aromatic rings. The Balaban J connectivity index is 2.47. The van der Waals surface area contributed by atoms with E-state index in [0.29, 0.717) is 16.8 Å². The van der Waals surface area contributed by atoms with Crippen molar-refractivity contribution < 1.29 is 4.74 Å². The van der Waals surface area contributed by atoms with Crippen LogP contribution in [0.4, 0.5) is 0 Å². The average molecular weight is 192 g/mol. The first kappa shape index (κ1) is 7.10. The van der Waals surface area contributed by atoms with Gasteiger partial charge in [-0.05, 0) is 0 Å². The zero-order valence-electron chi connectivity index (χ0n) is 5.63. The molecule has 0 fully saturated rings. The summed E-state index contributed by atoms with van der Waals surface area (Å²) in [6, 6.07) is 0.376. The van der Waals surface area contributed by atoms with Crippen molar-refractivity contribution in [3.63, 3.8) is 0 Å². The van der Waals surface area contributed by atoms with E-state index < -0.39 is 0 Å². The molecule has 0 aliphatic carbocycles. The van der Waals surface area contributed by atoms with Crippen molar-refractivity contribution in [2.75, 3.05) is 6.61 Å². The van der Waals surface area contributed by atoms with Crippen LogP contribution in [0.15, 0.2) is 4.99 Å². The molecule has 51 valence electrons. The predicted molar refractivity (Wildman–Crippen MR) is 37.8 cm³/mol. The standard InChI is InChI=1S/C6H10NOSe/c1-4(2)5-3-8-6(9)7-5/h4-5H,3H2,1-2H3/t5-/m1/s1/i6+1. The maximum atomic E-state index is 5.12. The molecule has 1 atom stereocenters. The summed E-state index contributed by atoms with van der Waals surface area (Å²) in [4.78, 5) is 4.94. The Kier molecular flexibility index (Phi) is 2.14. The van der Waals surface area contributed by atoms with Crippen LogP contribution in [-0.4, -0.2) is 33.5 Å². The Labute approximate surface area is 63.5 Å². The van der Waals surface area contributed by atoms with Crippen molar-refractivity contribution in [1.82, 2.24) is 0 Å². The molecule has 2 nitrogen and oxygen atoms in total. The van der Waals surface area contributed by atoms with Crippen LogP contribution in [-0.2, 0) is 4.74 Å². The van der Waals surface area contributed by atoms with Crippen LogP contribution in [0.2, 0.25) is 0 Å². The van der Waals surface area contributed by atoms with Crippen LogP contribution in [0, 0.1) is 5.92 Å². The summed E-state index contributed by atoms with van der Waals surface area (Å²) in [5.41, 5.74) is 0. The van der Waals surface area contributed by atoms with E-state index in [1.807, 2.05) is 0 Å². The summed E-state index contributed by atoms with van der Waals surface area (Å²) in [6.07, 6.45) is 0. The summed E-state index contributed by atoms with van der Waals surface area (Å²) in [5.74, 6) is 0.593. The van der Waals surface area contributed by atoms with Gasteiger partial charge in [0.1, 0.15) is 0 Å². The van der Waals surface area contributed by atoms with E-state index in [-0.39, 0.29) is 0 Å². The molecule has 1 rings (SSSR count). The SMILES string of the molecule is CC(C)[C@H]1CO[13C]([Se])=N1. The molecule has 0 spiro atoms. The molecule has 0 aromatic heterocycles. The average Bonchev–Trinajstić information content (AvgIpc) is 2.14. The van der Waals surface area contributed by atoms with Crippen molar-refractivity contribution >= 4 is 20.8 Å². The Bertz CT molecular complexity index is 133. The second kappa shape index (κ2) is 2.72. The monoisotopic (exact) mass is 193 g/mol. The van der Waals surface area contributed by atoms with Gasteiger partial charge in [-0.3, -0.25) is 0 Å². The van der Waals surface area contributed by atoms with Gasteiger partial charge < -0.3 is 0 Å². The Morgan fingerprint density at radius 3 is 2.67 bits per heavy atom. The molecule has 0 saturated carbocycles. The normalized spacial score (nSPS) is 26.1. The summed E-state index contributed by atoms with van der Waals surface area (Å²) < 4.78 is 5.12. The van der Waals surface area contributed by atoms with Gasteiger partial charge in [0.05, 0.1) is 0 Å². The number of rotatable bonds is 1. The van der Waals surface area contributed by atoms with E-state index in [1.54, 1.807) is 0 Å². The first-order chi connectivity index (χ1) is 4.20. The summed E-state index contributed by atoms with van der Waals surface area (Å²) in [6.45, 7) is 5.05. The summed E-state index contributed by atoms with van der Waals surface area (Å²) in [5, 5.41) is 0. The number of hydrogen-bond donors (Lipinski definition) is 0. The molecule has 1 heterocycles. The van der Waals surface area contributed by atoms with Crippen LogP contribution in [0.1, 0.15) is 13.8 Å². The first-order valence-electron chi connectivity index (χ1n) is 3.08. The van der Waals surface area contributed by atoms with E-state index in [0.717, 1.165) is 6.61 Å². The van der Waals surface area contributed by atoms with Gasteiger partial charge in [-0.2, -0.15) is 0 Å². The van der Waals surface area contributed by atoms with Crippen LogP contribution in [0.25, 0.3) is 0 Å². The first-order valence-corrected chi connectivity index (χ1v) is 3.93. The molecule has 1 aliphatic heterocycles. The second-order valence-electron chi connectivity index (χ2n) is 2.52. The molecule has 0 bridgehead atoms. The van der Waals surface area contributed by atoms with E-state index in [9.17, 15) is 0 Å². The number of hydrogen-bond acceptors (Lipinski definition) is 2. The van der Waals surface area contributed by atoms with Crippen LogP contribution >= 0.6 is 0 Å². The Hall–Kier alpha value is -0.0105. The fourth-order valence-corrected chi connectivity index (χ4v) is 1.13. The summed E-state index contributed by atoms with van der Waals surface area (Å²) >= 11 is 2.75. The van der Waals surface area contributed by atoms with E-state index in [2.05, 4.69) is 34.9 Å².